The van der Waals surface area contributed by atoms with Crippen LogP contribution in [0.15, 0.2) is 109 Å². The molecule has 0 radical (unpaired) electrons. The van der Waals surface area contributed by atoms with E-state index in [0.29, 0.717) is 57.6 Å². The average Bonchev–Trinajstić information content (AvgIpc) is 3.84. The molecular weight excluding hydrogens is 616 g/mol. The van der Waals surface area contributed by atoms with Gasteiger partial charge in [-0.3, -0.25) is 19.3 Å². The monoisotopic (exact) mass is 650 g/mol. The minimum Gasteiger partial charge on any atom is -0.489 e. The molecule has 0 unspecified atom stereocenters. The number of ether oxygens (including phenoxy) is 2. The highest BCUT2D eigenvalue weighted by molar-refractivity contribution is 6.22. The third-order valence-corrected chi connectivity index (χ3v) is 10.3. The zero-order valence-corrected chi connectivity index (χ0v) is 27.0. The van der Waals surface area contributed by atoms with Crippen molar-refractivity contribution in [1.29, 1.82) is 0 Å². The van der Waals surface area contributed by atoms with Gasteiger partial charge in [-0.05, 0) is 92.1 Å². The minimum atomic E-state index is -1.04. The van der Waals surface area contributed by atoms with E-state index in [9.17, 15) is 19.2 Å². The Labute approximate surface area is 283 Å². The smallest absolute Gasteiger partial charge is 0.339 e. The number of esters is 1. The number of amides is 2. The number of benzene rings is 4. The second-order valence-electron chi connectivity index (χ2n) is 13.2. The van der Waals surface area contributed by atoms with Gasteiger partial charge in [0.1, 0.15) is 12.4 Å². The molecule has 4 aromatic carbocycles. The number of para-hydroxylation sites is 1. The van der Waals surface area contributed by atoms with E-state index in [4.69, 9.17) is 14.5 Å². The number of anilines is 1. The van der Waals surface area contributed by atoms with Gasteiger partial charge in [0.2, 0.25) is 17.6 Å². The largest absolute Gasteiger partial charge is 0.489 e. The van der Waals surface area contributed by atoms with E-state index in [1.54, 1.807) is 55.5 Å². The van der Waals surface area contributed by atoms with Crippen molar-refractivity contribution in [3.05, 3.63) is 126 Å². The van der Waals surface area contributed by atoms with Crippen LogP contribution >= 0.6 is 0 Å². The van der Waals surface area contributed by atoms with Crippen molar-refractivity contribution >= 4 is 40.2 Å². The Morgan fingerprint density at radius 3 is 2.16 bits per heavy atom. The summed E-state index contributed by atoms with van der Waals surface area (Å²) in [6.45, 7) is 1.97. The summed E-state index contributed by atoms with van der Waals surface area (Å²) in [5.74, 6) is -0.252. The topological polar surface area (TPSA) is 103 Å². The molecule has 8 nitrogen and oxygen atoms in total. The van der Waals surface area contributed by atoms with Crippen LogP contribution in [0, 0.1) is 23.7 Å². The normalized spacial score (nSPS) is 21.5. The maximum absolute atomic E-state index is 13.6. The van der Waals surface area contributed by atoms with E-state index in [0.717, 1.165) is 24.8 Å². The van der Waals surface area contributed by atoms with Gasteiger partial charge in [0.15, 0.2) is 6.10 Å². The van der Waals surface area contributed by atoms with Crippen molar-refractivity contribution in [2.75, 3.05) is 4.90 Å². The van der Waals surface area contributed by atoms with Gasteiger partial charge in [0.05, 0.1) is 34.3 Å². The van der Waals surface area contributed by atoms with Gasteiger partial charge in [-0.2, -0.15) is 0 Å². The van der Waals surface area contributed by atoms with Gasteiger partial charge in [-0.15, -0.1) is 0 Å². The lowest BCUT2D eigenvalue weighted by Gasteiger charge is -2.19. The van der Waals surface area contributed by atoms with Gasteiger partial charge in [0.25, 0.3) is 0 Å². The third-order valence-electron chi connectivity index (χ3n) is 10.3. The van der Waals surface area contributed by atoms with Gasteiger partial charge in [-0.1, -0.05) is 60.7 Å². The van der Waals surface area contributed by atoms with Crippen LogP contribution in [0.25, 0.3) is 22.2 Å². The second kappa shape index (κ2) is 12.4. The van der Waals surface area contributed by atoms with Crippen molar-refractivity contribution in [3.8, 4) is 17.0 Å². The predicted octanol–water partition coefficient (Wildman–Crippen LogP) is 7.44. The quantitative estimate of drug-likeness (QED) is 0.0928. The van der Waals surface area contributed by atoms with Crippen molar-refractivity contribution < 1.29 is 28.7 Å². The Hall–Kier alpha value is -5.63. The summed E-state index contributed by atoms with van der Waals surface area (Å²) in [7, 11) is 0. The fraction of sp³-hybridized carbons (Fsp3) is 0.244. The van der Waals surface area contributed by atoms with Crippen molar-refractivity contribution in [2.45, 2.75) is 38.9 Å². The number of carbonyl (C=O) groups excluding carboxylic acids is 4. The zero-order valence-electron chi connectivity index (χ0n) is 27.0. The fourth-order valence-corrected chi connectivity index (χ4v) is 7.91. The molecule has 3 fully saturated rings. The molecule has 8 heteroatoms. The summed E-state index contributed by atoms with van der Waals surface area (Å²) >= 11 is 0. The molecule has 8 rings (SSSR count). The summed E-state index contributed by atoms with van der Waals surface area (Å²) in [5.41, 5.74) is 4.10. The standard InChI is InChI=1S/C41H34N2O6/c1-24(38(44)27-15-19-31(20-16-27)48-23-25-7-3-2-4-8-25)49-41(47)33-22-35(42-34-10-6-5-9-32(33)34)26-13-17-30(18-14-26)43-39(45)36-28-11-12-29(21-28)37(36)40(43)46/h2-10,13-20,22,24,28-29,36-37H,11-12,21,23H2,1H3/t24-,28-,29+,36-,37+/m1/s1. The molecule has 244 valence electrons. The molecule has 2 aliphatic carbocycles. The lowest BCUT2D eigenvalue weighted by molar-refractivity contribution is -0.123. The van der Waals surface area contributed by atoms with Crippen molar-refractivity contribution in [1.82, 2.24) is 4.98 Å². The molecule has 0 N–H and O–H groups in total. The van der Waals surface area contributed by atoms with Crippen LogP contribution in [0.4, 0.5) is 5.69 Å². The average molecular weight is 651 g/mol. The van der Waals surface area contributed by atoms with Crippen molar-refractivity contribution in [2.24, 2.45) is 23.7 Å². The zero-order chi connectivity index (χ0) is 33.6. The number of Topliss-reactive ketones (excluding diaryl/α,β-unsaturated/α-hetero) is 1. The second-order valence-corrected chi connectivity index (χ2v) is 13.2. The van der Waals surface area contributed by atoms with Crippen LogP contribution in [0.5, 0.6) is 5.75 Å². The molecule has 2 heterocycles. The summed E-state index contributed by atoms with van der Waals surface area (Å²) in [5, 5.41) is 0.599. The summed E-state index contributed by atoms with van der Waals surface area (Å²) in [6.07, 6.45) is 2.01. The molecule has 2 bridgehead atoms. The number of carbonyl (C=O) groups is 4. The number of rotatable bonds is 9. The molecule has 1 aliphatic heterocycles. The van der Waals surface area contributed by atoms with E-state index in [1.807, 2.05) is 60.7 Å². The molecule has 2 amide bonds. The number of imide groups is 1. The first-order valence-corrected chi connectivity index (χ1v) is 16.8. The highest BCUT2D eigenvalue weighted by atomic mass is 16.5. The van der Waals surface area contributed by atoms with Crippen LogP contribution in [-0.2, 0) is 20.9 Å². The van der Waals surface area contributed by atoms with E-state index >= 15 is 0 Å². The van der Waals surface area contributed by atoms with Crippen LogP contribution < -0.4 is 9.64 Å². The van der Waals surface area contributed by atoms with E-state index in [2.05, 4.69) is 0 Å². The Morgan fingerprint density at radius 1 is 0.816 bits per heavy atom. The highest BCUT2D eigenvalue weighted by Gasteiger charge is 2.61. The first-order valence-electron chi connectivity index (χ1n) is 16.8. The summed E-state index contributed by atoms with van der Waals surface area (Å²) in [4.78, 5) is 59.7. The SMILES string of the molecule is C[C@@H](OC(=O)c1cc(-c2ccc(N3C(=O)[C@@H]4[C@@H]5CC[C@@H](C5)[C@@H]4C3=O)cc2)nc2ccccc12)C(=O)c1ccc(OCc2ccccc2)cc1. The lowest BCUT2D eigenvalue weighted by atomic mass is 9.81. The molecule has 5 aromatic rings. The lowest BCUT2D eigenvalue weighted by Crippen LogP contribution is -2.32. The molecule has 2 saturated carbocycles. The maximum Gasteiger partial charge on any atom is 0.339 e. The minimum absolute atomic E-state index is 0.0835. The number of pyridine rings is 1. The first-order chi connectivity index (χ1) is 23.9. The summed E-state index contributed by atoms with van der Waals surface area (Å²) < 4.78 is 11.6. The fourth-order valence-electron chi connectivity index (χ4n) is 7.91. The Balaban J connectivity index is 0.986. The van der Waals surface area contributed by atoms with E-state index < -0.39 is 12.1 Å². The molecule has 49 heavy (non-hydrogen) atoms. The summed E-state index contributed by atoms with van der Waals surface area (Å²) in [6, 6.07) is 32.6. The van der Waals surface area contributed by atoms with Gasteiger partial charge < -0.3 is 9.47 Å². The first kappa shape index (κ1) is 30.7. The van der Waals surface area contributed by atoms with Gasteiger partial charge >= 0.3 is 5.97 Å². The predicted molar refractivity (Wildman–Crippen MR) is 184 cm³/mol. The van der Waals surface area contributed by atoms with E-state index in [1.165, 1.54) is 4.90 Å². The number of hydrogen-bond acceptors (Lipinski definition) is 7. The Kier molecular flexibility index (Phi) is 7.79. The molecule has 5 atom stereocenters. The molecule has 0 spiro atoms. The Morgan fingerprint density at radius 2 is 1.47 bits per heavy atom. The van der Waals surface area contributed by atoms with Crippen LogP contribution in [0.2, 0.25) is 0 Å². The number of ketones is 1. The number of fused-ring (bicyclic) bond motifs is 6. The molecular formula is C41H34N2O6. The van der Waals surface area contributed by atoms with Crippen LogP contribution in [0.3, 0.4) is 0 Å². The molecule has 1 saturated heterocycles. The van der Waals surface area contributed by atoms with Gasteiger partial charge in [0, 0.05) is 16.5 Å². The van der Waals surface area contributed by atoms with E-state index in [-0.39, 0.29) is 35.0 Å². The van der Waals surface area contributed by atoms with Gasteiger partial charge in [-0.25, -0.2) is 9.78 Å². The maximum atomic E-state index is 13.6. The molecule has 1 aromatic heterocycles. The van der Waals surface area contributed by atoms with Crippen LogP contribution in [-0.4, -0.2) is 34.7 Å². The third kappa shape index (κ3) is 5.57. The number of nitrogens with zero attached hydrogens (tertiary/aromatic N) is 2. The highest BCUT2D eigenvalue weighted by Crippen LogP contribution is 2.56. The van der Waals surface area contributed by atoms with Crippen molar-refractivity contribution in [3.63, 3.8) is 0 Å². The van der Waals surface area contributed by atoms with Crippen LogP contribution in [0.1, 0.15) is 52.5 Å². The number of aromatic nitrogens is 1. The number of hydrogen-bond donors (Lipinski definition) is 0. The Bertz CT molecular complexity index is 2070. The molecule has 3 aliphatic rings.